The van der Waals surface area contributed by atoms with E-state index in [2.05, 4.69) is 30.0 Å². The van der Waals surface area contributed by atoms with Crippen LogP contribution in [0.5, 0.6) is 0 Å². The summed E-state index contributed by atoms with van der Waals surface area (Å²) in [6.07, 6.45) is 1.78. The van der Waals surface area contributed by atoms with Crippen LogP contribution in [0.4, 0.5) is 0 Å². The summed E-state index contributed by atoms with van der Waals surface area (Å²) in [5, 5.41) is 3.17. The van der Waals surface area contributed by atoms with Gasteiger partial charge in [0.05, 0.1) is 5.55 Å². The molecule has 0 aromatic carbocycles. The topological polar surface area (TPSA) is 24.4 Å². The van der Waals surface area contributed by atoms with Gasteiger partial charge >= 0.3 is 0 Å². The van der Waals surface area contributed by atoms with Gasteiger partial charge in [0.15, 0.2) is 0 Å². The van der Waals surface area contributed by atoms with Crippen molar-refractivity contribution in [1.82, 2.24) is 5.32 Å². The fraction of sp³-hybridized carbons (Fsp3) is 0.364. The molecule has 0 rings (SSSR count). The van der Waals surface area contributed by atoms with E-state index in [0.29, 0.717) is 0 Å². The fourth-order valence-corrected chi connectivity index (χ4v) is 1.70. The van der Waals surface area contributed by atoms with Crippen molar-refractivity contribution in [2.45, 2.75) is 13.0 Å². The highest BCUT2D eigenvalue weighted by atomic mass is 32.2. The molecule has 0 saturated carbocycles. The summed E-state index contributed by atoms with van der Waals surface area (Å²) >= 11 is 1.63. The molecule has 1 unspecified atom stereocenters. The third-order valence-electron chi connectivity index (χ3n) is 1.67. The second kappa shape index (κ2) is 7.59. The summed E-state index contributed by atoms with van der Waals surface area (Å²) < 4.78 is 0. The zero-order valence-corrected chi connectivity index (χ0v) is 9.73. The maximum atomic E-state index is 4.08. The minimum Gasteiger partial charge on any atom is -0.312 e. The standard InChI is InChI=1S/C11H18N2S/c1-6-10(4)11(12-5)7-14-8-13-9(2)3/h6,8,11-12H,1-2,4,7H2,3,5H3. The van der Waals surface area contributed by atoms with Gasteiger partial charge in [-0.25, -0.2) is 0 Å². The molecule has 0 saturated heterocycles. The summed E-state index contributed by atoms with van der Waals surface area (Å²) in [7, 11) is 1.91. The summed E-state index contributed by atoms with van der Waals surface area (Å²) in [4.78, 5) is 4.08. The van der Waals surface area contributed by atoms with E-state index in [-0.39, 0.29) is 6.04 Å². The molecular formula is C11H18N2S. The molecule has 2 nitrogen and oxygen atoms in total. The van der Waals surface area contributed by atoms with Gasteiger partial charge < -0.3 is 5.32 Å². The minimum atomic E-state index is 0.258. The number of hydrogen-bond acceptors (Lipinski definition) is 3. The number of nitrogens with one attached hydrogen (secondary N) is 1. The summed E-state index contributed by atoms with van der Waals surface area (Å²) in [5.74, 6) is 0.901. The number of nitrogens with zero attached hydrogens (tertiary/aromatic N) is 1. The van der Waals surface area contributed by atoms with Crippen LogP contribution in [0.3, 0.4) is 0 Å². The van der Waals surface area contributed by atoms with Crippen LogP contribution < -0.4 is 5.32 Å². The largest absolute Gasteiger partial charge is 0.312 e. The zero-order chi connectivity index (χ0) is 11.0. The first kappa shape index (κ1) is 13.2. The number of thioether (sulfide) groups is 1. The third-order valence-corrected chi connectivity index (χ3v) is 2.45. The molecule has 3 heteroatoms. The predicted octanol–water partition coefficient (Wildman–Crippen LogP) is 2.61. The highest BCUT2D eigenvalue weighted by Crippen LogP contribution is 2.07. The number of allylic oxidation sites excluding steroid dienone is 1. The highest BCUT2D eigenvalue weighted by Gasteiger charge is 2.05. The van der Waals surface area contributed by atoms with Gasteiger partial charge in [-0.15, -0.1) is 11.8 Å². The van der Waals surface area contributed by atoms with Gasteiger partial charge in [-0.2, -0.15) is 0 Å². The van der Waals surface area contributed by atoms with Gasteiger partial charge in [-0.05, 0) is 19.5 Å². The van der Waals surface area contributed by atoms with Crippen molar-refractivity contribution in [1.29, 1.82) is 0 Å². The second-order valence-electron chi connectivity index (χ2n) is 2.92. The van der Waals surface area contributed by atoms with Crippen LogP contribution in [-0.2, 0) is 0 Å². The van der Waals surface area contributed by atoms with Crippen LogP contribution in [0.15, 0.2) is 42.1 Å². The number of rotatable bonds is 7. The van der Waals surface area contributed by atoms with E-state index in [1.165, 1.54) is 0 Å². The van der Waals surface area contributed by atoms with Crippen LogP contribution >= 0.6 is 11.8 Å². The monoisotopic (exact) mass is 210 g/mol. The van der Waals surface area contributed by atoms with Crippen LogP contribution in [-0.4, -0.2) is 24.4 Å². The smallest absolute Gasteiger partial charge is 0.0600 e. The Hall–Kier alpha value is -0.800. The van der Waals surface area contributed by atoms with Gasteiger partial charge in [0, 0.05) is 17.5 Å². The van der Waals surface area contributed by atoms with Crippen molar-refractivity contribution in [3.8, 4) is 0 Å². The normalized spacial score (nSPS) is 12.7. The molecule has 0 aliphatic heterocycles. The minimum absolute atomic E-state index is 0.258. The molecule has 78 valence electrons. The molecule has 1 atom stereocenters. The first-order valence-corrected chi connectivity index (χ1v) is 5.44. The molecule has 0 fully saturated rings. The lowest BCUT2D eigenvalue weighted by Gasteiger charge is -2.14. The fourth-order valence-electron chi connectivity index (χ4n) is 0.785. The van der Waals surface area contributed by atoms with Crippen molar-refractivity contribution >= 4 is 17.3 Å². The van der Waals surface area contributed by atoms with Crippen LogP contribution in [0.2, 0.25) is 0 Å². The van der Waals surface area contributed by atoms with E-state index >= 15 is 0 Å². The van der Waals surface area contributed by atoms with Crippen molar-refractivity contribution in [3.63, 3.8) is 0 Å². The van der Waals surface area contributed by atoms with Crippen LogP contribution in [0.25, 0.3) is 0 Å². The van der Waals surface area contributed by atoms with E-state index in [4.69, 9.17) is 0 Å². The Balaban J connectivity index is 3.90. The second-order valence-corrected chi connectivity index (χ2v) is 3.80. The van der Waals surface area contributed by atoms with Gasteiger partial charge in [0.1, 0.15) is 0 Å². The quantitative estimate of drug-likeness (QED) is 0.397. The zero-order valence-electron chi connectivity index (χ0n) is 8.92. The van der Waals surface area contributed by atoms with Gasteiger partial charge in [-0.3, -0.25) is 4.99 Å². The Morgan fingerprint density at radius 1 is 1.57 bits per heavy atom. The molecule has 0 spiro atoms. The Kier molecular flexibility index (Phi) is 7.16. The molecule has 0 aliphatic carbocycles. The highest BCUT2D eigenvalue weighted by molar-refractivity contribution is 8.12. The van der Waals surface area contributed by atoms with E-state index < -0.39 is 0 Å². The first-order chi connectivity index (χ1) is 6.61. The van der Waals surface area contributed by atoms with E-state index in [1.54, 1.807) is 17.8 Å². The lowest BCUT2D eigenvalue weighted by Crippen LogP contribution is -2.28. The molecule has 0 radical (unpaired) electrons. The van der Waals surface area contributed by atoms with Crippen molar-refractivity contribution in [2.75, 3.05) is 12.8 Å². The van der Waals surface area contributed by atoms with Gasteiger partial charge in [0.25, 0.3) is 0 Å². The Bertz CT molecular complexity index is 244. The molecule has 1 N–H and O–H groups in total. The summed E-state index contributed by atoms with van der Waals surface area (Å²) in [6.45, 7) is 13.1. The molecule has 0 amide bonds. The third kappa shape index (κ3) is 5.78. The molecule has 0 aliphatic rings. The maximum absolute atomic E-state index is 4.08. The molecule has 0 aromatic heterocycles. The lowest BCUT2D eigenvalue weighted by molar-refractivity contribution is 0.718. The van der Waals surface area contributed by atoms with Crippen LogP contribution in [0.1, 0.15) is 6.92 Å². The number of hydrogen-bond donors (Lipinski definition) is 1. The predicted molar refractivity (Wildman–Crippen MR) is 67.9 cm³/mol. The van der Waals surface area contributed by atoms with E-state index in [0.717, 1.165) is 17.0 Å². The van der Waals surface area contributed by atoms with Crippen molar-refractivity contribution in [2.24, 2.45) is 4.99 Å². The summed E-state index contributed by atoms with van der Waals surface area (Å²) in [6, 6.07) is 0.258. The van der Waals surface area contributed by atoms with Crippen molar-refractivity contribution in [3.05, 3.63) is 37.1 Å². The van der Waals surface area contributed by atoms with E-state index in [1.807, 2.05) is 19.5 Å². The molecule has 0 bridgehead atoms. The Morgan fingerprint density at radius 2 is 2.21 bits per heavy atom. The lowest BCUT2D eigenvalue weighted by atomic mass is 10.1. The molecule has 0 heterocycles. The Morgan fingerprint density at radius 3 is 2.64 bits per heavy atom. The number of likely N-dealkylation sites (N-methyl/N-ethyl adjacent to an activating group) is 1. The van der Waals surface area contributed by atoms with Crippen molar-refractivity contribution < 1.29 is 0 Å². The van der Waals surface area contributed by atoms with Gasteiger partial charge in [0.2, 0.25) is 0 Å². The van der Waals surface area contributed by atoms with Crippen LogP contribution in [0, 0.1) is 0 Å². The average Bonchev–Trinajstić information content (AvgIpc) is 2.16. The number of aliphatic imine (C=N–C) groups is 1. The Labute approximate surface area is 90.9 Å². The maximum Gasteiger partial charge on any atom is 0.0600 e. The van der Waals surface area contributed by atoms with E-state index in [9.17, 15) is 0 Å². The average molecular weight is 210 g/mol. The molecular weight excluding hydrogens is 192 g/mol. The molecule has 0 aromatic rings. The molecule has 14 heavy (non-hydrogen) atoms. The van der Waals surface area contributed by atoms with Gasteiger partial charge in [-0.1, -0.05) is 25.8 Å². The SMILES string of the molecule is C=CC(=C)C(CSC=NC(=C)C)NC. The summed E-state index contributed by atoms with van der Waals surface area (Å²) in [5.41, 5.74) is 3.63. The first-order valence-electron chi connectivity index (χ1n) is 4.40.